The molecule has 0 aliphatic rings. The topological polar surface area (TPSA) is 65.4 Å². The molecule has 0 bridgehead atoms. The summed E-state index contributed by atoms with van der Waals surface area (Å²) in [5.41, 5.74) is 0.718. The van der Waals surface area contributed by atoms with Crippen molar-refractivity contribution in [1.29, 1.82) is 0 Å². The number of ether oxygens (including phenoxy) is 1. The lowest BCUT2D eigenvalue weighted by Gasteiger charge is -2.08. The van der Waals surface area contributed by atoms with Gasteiger partial charge in [-0.3, -0.25) is 4.79 Å². The number of aromatic nitrogens is 1. The van der Waals surface area contributed by atoms with Gasteiger partial charge in [-0.25, -0.2) is 12.4 Å². The van der Waals surface area contributed by atoms with Gasteiger partial charge in [0.25, 0.3) is 10.0 Å². The smallest absolute Gasteiger partial charge is 0.268 e. The number of halogens is 1. The standard InChI is InChI=1S/C16H12BrNO4S/c1-22-13-4-7-16-15(8-13)11(10-19)9-18(16)23(20,21)14-5-2-12(17)3-6-14/h2-10H,1H3. The van der Waals surface area contributed by atoms with E-state index in [0.717, 1.165) is 8.45 Å². The molecule has 0 radical (unpaired) electrons. The van der Waals surface area contributed by atoms with Crippen LogP contribution in [0.3, 0.4) is 0 Å². The molecule has 0 atom stereocenters. The van der Waals surface area contributed by atoms with Crippen molar-refractivity contribution in [2.75, 3.05) is 7.11 Å². The normalized spacial score (nSPS) is 11.6. The van der Waals surface area contributed by atoms with Gasteiger partial charge in [0.05, 0.1) is 17.5 Å². The summed E-state index contributed by atoms with van der Waals surface area (Å²) in [6.07, 6.45) is 1.96. The molecule has 0 saturated heterocycles. The maximum atomic E-state index is 12.8. The highest BCUT2D eigenvalue weighted by atomic mass is 79.9. The molecule has 1 aromatic heterocycles. The molecule has 5 nitrogen and oxygen atoms in total. The second kappa shape index (κ2) is 5.82. The Morgan fingerprint density at radius 1 is 1.13 bits per heavy atom. The monoisotopic (exact) mass is 393 g/mol. The van der Waals surface area contributed by atoms with E-state index in [-0.39, 0.29) is 4.90 Å². The summed E-state index contributed by atoms with van der Waals surface area (Å²) >= 11 is 3.28. The molecule has 0 spiro atoms. The first-order valence-electron chi connectivity index (χ1n) is 6.63. The van der Waals surface area contributed by atoms with Crippen LogP contribution in [0.1, 0.15) is 10.4 Å². The summed E-state index contributed by atoms with van der Waals surface area (Å²) in [6, 6.07) is 11.3. The van der Waals surface area contributed by atoms with Crippen LogP contribution >= 0.6 is 15.9 Å². The van der Waals surface area contributed by atoms with Crippen LogP contribution in [-0.4, -0.2) is 25.8 Å². The number of carbonyl (C=O) groups is 1. The molecule has 0 aliphatic carbocycles. The second-order valence-electron chi connectivity index (χ2n) is 4.84. The Bertz CT molecular complexity index is 991. The Morgan fingerprint density at radius 2 is 1.83 bits per heavy atom. The Morgan fingerprint density at radius 3 is 2.43 bits per heavy atom. The number of hydrogen-bond acceptors (Lipinski definition) is 4. The van der Waals surface area contributed by atoms with E-state index in [1.165, 1.54) is 25.4 Å². The van der Waals surface area contributed by atoms with Crippen LogP contribution in [0.15, 0.2) is 58.0 Å². The number of carbonyl (C=O) groups excluding carboxylic acids is 1. The van der Waals surface area contributed by atoms with Gasteiger partial charge in [-0.05, 0) is 42.5 Å². The molecule has 23 heavy (non-hydrogen) atoms. The third kappa shape index (κ3) is 2.66. The van der Waals surface area contributed by atoms with Crippen molar-refractivity contribution >= 4 is 43.1 Å². The lowest BCUT2D eigenvalue weighted by molar-refractivity contribution is 0.112. The molecular weight excluding hydrogens is 382 g/mol. The minimum atomic E-state index is -3.80. The van der Waals surface area contributed by atoms with Crippen LogP contribution in [-0.2, 0) is 10.0 Å². The van der Waals surface area contributed by atoms with Gasteiger partial charge in [0.15, 0.2) is 6.29 Å². The van der Waals surface area contributed by atoms with Gasteiger partial charge in [-0.2, -0.15) is 0 Å². The van der Waals surface area contributed by atoms with E-state index >= 15 is 0 Å². The second-order valence-corrected chi connectivity index (χ2v) is 7.57. The largest absolute Gasteiger partial charge is 0.497 e. The summed E-state index contributed by atoms with van der Waals surface area (Å²) in [7, 11) is -2.28. The quantitative estimate of drug-likeness (QED) is 0.636. The van der Waals surface area contributed by atoms with E-state index in [2.05, 4.69) is 15.9 Å². The van der Waals surface area contributed by atoms with Crippen LogP contribution < -0.4 is 4.74 Å². The molecule has 7 heteroatoms. The first-order valence-corrected chi connectivity index (χ1v) is 8.86. The molecule has 0 N–H and O–H groups in total. The molecule has 0 saturated carbocycles. The van der Waals surface area contributed by atoms with E-state index in [9.17, 15) is 13.2 Å². The maximum absolute atomic E-state index is 12.8. The maximum Gasteiger partial charge on any atom is 0.268 e. The molecule has 3 rings (SSSR count). The third-order valence-electron chi connectivity index (χ3n) is 3.51. The van der Waals surface area contributed by atoms with E-state index in [0.29, 0.717) is 28.5 Å². The number of hydrogen-bond donors (Lipinski definition) is 0. The van der Waals surface area contributed by atoms with Crippen LogP contribution in [0, 0.1) is 0 Å². The molecule has 0 amide bonds. The van der Waals surface area contributed by atoms with Crippen LogP contribution in [0.2, 0.25) is 0 Å². The molecule has 0 unspecified atom stereocenters. The zero-order chi connectivity index (χ0) is 16.6. The van der Waals surface area contributed by atoms with Crippen molar-refractivity contribution in [3.63, 3.8) is 0 Å². The van der Waals surface area contributed by atoms with Crippen molar-refractivity contribution in [2.24, 2.45) is 0 Å². The van der Waals surface area contributed by atoms with E-state index < -0.39 is 10.0 Å². The van der Waals surface area contributed by atoms with E-state index in [1.807, 2.05) is 0 Å². The highest BCUT2D eigenvalue weighted by molar-refractivity contribution is 9.10. The minimum Gasteiger partial charge on any atom is -0.497 e. The molecule has 0 aliphatic heterocycles. The Hall–Kier alpha value is -2.12. The fraction of sp³-hybridized carbons (Fsp3) is 0.0625. The lowest BCUT2D eigenvalue weighted by atomic mass is 10.2. The third-order valence-corrected chi connectivity index (χ3v) is 5.72. The number of methoxy groups -OCH3 is 1. The van der Waals surface area contributed by atoms with Crippen molar-refractivity contribution < 1.29 is 17.9 Å². The number of rotatable bonds is 4. The van der Waals surface area contributed by atoms with Crippen molar-refractivity contribution in [3.05, 3.63) is 58.7 Å². The number of benzene rings is 2. The molecule has 1 heterocycles. The average Bonchev–Trinajstić information content (AvgIpc) is 2.93. The molecule has 0 fully saturated rings. The fourth-order valence-corrected chi connectivity index (χ4v) is 3.99. The van der Waals surface area contributed by atoms with Crippen LogP contribution in [0.4, 0.5) is 0 Å². The Kier molecular flexibility index (Phi) is 3.99. The predicted molar refractivity (Wildman–Crippen MR) is 90.6 cm³/mol. The first-order chi connectivity index (χ1) is 11.0. The van der Waals surface area contributed by atoms with E-state index in [4.69, 9.17) is 4.74 Å². The minimum absolute atomic E-state index is 0.144. The zero-order valence-electron chi connectivity index (χ0n) is 12.1. The average molecular weight is 394 g/mol. The van der Waals surface area contributed by atoms with Gasteiger partial charge < -0.3 is 4.74 Å². The lowest BCUT2D eigenvalue weighted by Crippen LogP contribution is -2.11. The number of aldehydes is 1. The summed E-state index contributed by atoms with van der Waals surface area (Å²) < 4.78 is 32.7. The summed E-state index contributed by atoms with van der Waals surface area (Å²) in [5.74, 6) is 0.555. The van der Waals surface area contributed by atoms with Crippen LogP contribution in [0.5, 0.6) is 5.75 Å². The van der Waals surface area contributed by atoms with E-state index in [1.54, 1.807) is 30.3 Å². The van der Waals surface area contributed by atoms with Gasteiger partial charge in [0, 0.05) is 21.6 Å². The molecule has 3 aromatic rings. The first kappa shape index (κ1) is 15.8. The van der Waals surface area contributed by atoms with Gasteiger partial charge in [-0.1, -0.05) is 15.9 Å². The van der Waals surface area contributed by atoms with Gasteiger partial charge in [0.2, 0.25) is 0 Å². The Labute approximate surface area is 141 Å². The highest BCUT2D eigenvalue weighted by Crippen LogP contribution is 2.28. The number of fused-ring (bicyclic) bond motifs is 1. The fourth-order valence-electron chi connectivity index (χ4n) is 2.34. The van der Waals surface area contributed by atoms with Crippen molar-refractivity contribution in [3.8, 4) is 5.75 Å². The summed E-state index contributed by atoms with van der Waals surface area (Å²) in [4.78, 5) is 11.4. The molecular formula is C16H12BrNO4S. The highest BCUT2D eigenvalue weighted by Gasteiger charge is 2.21. The van der Waals surface area contributed by atoms with Crippen molar-refractivity contribution in [1.82, 2.24) is 3.97 Å². The molecule has 2 aromatic carbocycles. The summed E-state index contributed by atoms with van der Waals surface area (Å²) in [5, 5.41) is 0.528. The van der Waals surface area contributed by atoms with Crippen molar-refractivity contribution in [2.45, 2.75) is 4.90 Å². The SMILES string of the molecule is COc1ccc2c(c1)c(C=O)cn2S(=O)(=O)c1ccc(Br)cc1. The Balaban J connectivity index is 2.27. The van der Waals surface area contributed by atoms with Gasteiger partial charge in [-0.15, -0.1) is 0 Å². The molecule has 118 valence electrons. The van der Waals surface area contributed by atoms with Crippen LogP contribution in [0.25, 0.3) is 10.9 Å². The zero-order valence-corrected chi connectivity index (χ0v) is 14.5. The summed E-state index contributed by atoms with van der Waals surface area (Å²) in [6.45, 7) is 0. The van der Waals surface area contributed by atoms with Gasteiger partial charge >= 0.3 is 0 Å². The van der Waals surface area contributed by atoms with Gasteiger partial charge in [0.1, 0.15) is 5.75 Å². The number of nitrogens with zero attached hydrogens (tertiary/aromatic N) is 1. The predicted octanol–water partition coefficient (Wildman–Crippen LogP) is 3.46.